The van der Waals surface area contributed by atoms with Gasteiger partial charge in [-0.3, -0.25) is 0 Å². The van der Waals surface area contributed by atoms with Crippen LogP contribution in [-0.4, -0.2) is 23.6 Å². The van der Waals surface area contributed by atoms with Gasteiger partial charge in [0.05, 0.1) is 16.7 Å². The third kappa shape index (κ3) is 5.86. The first-order valence-electron chi connectivity index (χ1n) is 8.72. The zero-order chi connectivity index (χ0) is 20.7. The Morgan fingerprint density at radius 1 is 1.18 bits per heavy atom. The number of carbonyl (C=O) groups excluding carboxylic acids is 1. The highest BCUT2D eigenvalue weighted by atomic mass is 35.5. The molecule has 1 unspecified atom stereocenters. The molecule has 28 heavy (non-hydrogen) atoms. The molecule has 0 aliphatic rings. The molecule has 0 bridgehead atoms. The maximum absolute atomic E-state index is 12.0. The summed E-state index contributed by atoms with van der Waals surface area (Å²) in [6.45, 7) is 5.83. The summed E-state index contributed by atoms with van der Waals surface area (Å²) in [6, 6.07) is 12.0. The Hall–Kier alpha value is -2.28. The zero-order valence-corrected chi connectivity index (χ0v) is 17.4. The van der Waals surface area contributed by atoms with Gasteiger partial charge in [0, 0.05) is 6.54 Å². The Kier molecular flexibility index (Phi) is 7.69. The summed E-state index contributed by atoms with van der Waals surface area (Å²) < 4.78 is 5.44. The maximum Gasteiger partial charge on any atom is 0.335 e. The number of rotatable bonds is 6. The van der Waals surface area contributed by atoms with E-state index in [0.29, 0.717) is 22.2 Å². The molecule has 0 aliphatic heterocycles. The predicted molar refractivity (Wildman–Crippen MR) is 112 cm³/mol. The van der Waals surface area contributed by atoms with Crippen LogP contribution in [0.15, 0.2) is 47.6 Å². The summed E-state index contributed by atoms with van der Waals surface area (Å²) in [5.74, 6) is -0.0705. The first-order chi connectivity index (χ1) is 13.2. The highest BCUT2D eigenvalue weighted by Crippen LogP contribution is 2.29. The fourth-order valence-electron chi connectivity index (χ4n) is 2.37. The Morgan fingerprint density at radius 3 is 2.46 bits per heavy atom. The number of aliphatic hydroxyl groups is 1. The molecule has 0 spiro atoms. The second kappa shape index (κ2) is 9.78. The van der Waals surface area contributed by atoms with Crippen LogP contribution in [0.5, 0.6) is 0 Å². The van der Waals surface area contributed by atoms with Crippen molar-refractivity contribution in [2.24, 2.45) is 5.10 Å². The number of hydrogen-bond acceptors (Lipinski definition) is 4. The fraction of sp³-hybridized carbons (Fsp3) is 0.300. The molecule has 0 aliphatic carbocycles. The minimum atomic E-state index is -1.62. The molecule has 6 nitrogen and oxygen atoms in total. The molecular weight excluding hydrogens is 401 g/mol. The van der Waals surface area contributed by atoms with E-state index in [0.717, 1.165) is 11.1 Å². The number of hydrogen-bond donors (Lipinski definition) is 3. The number of hydrazone groups is 1. The van der Waals surface area contributed by atoms with Gasteiger partial charge >= 0.3 is 6.03 Å². The standard InChI is InChI=1S/C20H23Cl2N3O3/c1-4-28-18(20(3,27)15-9-10-16(21)17(22)11-15)24-25-19(26)23-12-14-7-5-13(2)6-8-14/h5-11,27H,4,12H2,1-3H3,(H2,23,25,26)/b24-18-. The lowest BCUT2D eigenvalue weighted by Gasteiger charge is -2.25. The third-order valence-electron chi connectivity index (χ3n) is 4.01. The van der Waals surface area contributed by atoms with Gasteiger partial charge in [-0.05, 0) is 44.0 Å². The van der Waals surface area contributed by atoms with Crippen LogP contribution in [0.3, 0.4) is 0 Å². The van der Waals surface area contributed by atoms with E-state index in [-0.39, 0.29) is 12.5 Å². The SMILES string of the molecule is CCO/C(=N\NC(=O)NCc1ccc(C)cc1)C(C)(O)c1ccc(Cl)c(Cl)c1. The summed E-state index contributed by atoms with van der Waals surface area (Å²) >= 11 is 12.0. The third-order valence-corrected chi connectivity index (χ3v) is 4.75. The van der Waals surface area contributed by atoms with Crippen molar-refractivity contribution in [3.63, 3.8) is 0 Å². The molecule has 8 heteroatoms. The predicted octanol–water partition coefficient (Wildman–Crippen LogP) is 4.36. The molecule has 0 radical (unpaired) electrons. The first-order valence-corrected chi connectivity index (χ1v) is 9.48. The lowest BCUT2D eigenvalue weighted by molar-refractivity contribution is 0.0954. The van der Waals surface area contributed by atoms with Crippen LogP contribution < -0.4 is 10.7 Å². The summed E-state index contributed by atoms with van der Waals surface area (Å²) in [6.07, 6.45) is 0. The van der Waals surface area contributed by atoms with Gasteiger partial charge in [0.25, 0.3) is 0 Å². The van der Waals surface area contributed by atoms with Crippen LogP contribution in [0.25, 0.3) is 0 Å². The molecule has 0 heterocycles. The number of aryl methyl sites for hydroxylation is 1. The first kappa shape index (κ1) is 22.0. The molecular formula is C20H23Cl2N3O3. The molecule has 0 aromatic heterocycles. The van der Waals surface area contributed by atoms with E-state index in [1.807, 2.05) is 31.2 Å². The van der Waals surface area contributed by atoms with Crippen molar-refractivity contribution in [1.29, 1.82) is 0 Å². The van der Waals surface area contributed by atoms with Gasteiger partial charge < -0.3 is 15.2 Å². The van der Waals surface area contributed by atoms with Crippen LogP contribution in [0.2, 0.25) is 10.0 Å². The molecule has 2 amide bonds. The number of nitrogens with one attached hydrogen (secondary N) is 2. The normalized spacial score (nSPS) is 13.6. The van der Waals surface area contributed by atoms with Crippen molar-refractivity contribution in [3.05, 3.63) is 69.2 Å². The van der Waals surface area contributed by atoms with E-state index < -0.39 is 11.6 Å². The molecule has 0 saturated carbocycles. The second-order valence-electron chi connectivity index (χ2n) is 6.33. The smallest absolute Gasteiger partial charge is 0.335 e. The highest BCUT2D eigenvalue weighted by molar-refractivity contribution is 6.42. The van der Waals surface area contributed by atoms with Crippen molar-refractivity contribution in [1.82, 2.24) is 10.7 Å². The number of halogens is 2. The Labute approximate surface area is 174 Å². The minimum absolute atomic E-state index is 0.0705. The van der Waals surface area contributed by atoms with E-state index in [2.05, 4.69) is 15.8 Å². The van der Waals surface area contributed by atoms with Crippen molar-refractivity contribution >= 4 is 35.1 Å². The lowest BCUT2D eigenvalue weighted by atomic mass is 9.96. The van der Waals surface area contributed by atoms with Gasteiger partial charge in [0.15, 0.2) is 5.60 Å². The van der Waals surface area contributed by atoms with Gasteiger partial charge in [-0.2, -0.15) is 0 Å². The van der Waals surface area contributed by atoms with E-state index in [4.69, 9.17) is 27.9 Å². The number of carbonyl (C=O) groups is 1. The number of ether oxygens (including phenoxy) is 1. The zero-order valence-electron chi connectivity index (χ0n) is 15.9. The van der Waals surface area contributed by atoms with Crippen molar-refractivity contribution in [3.8, 4) is 0 Å². The molecule has 0 fully saturated rings. The summed E-state index contributed by atoms with van der Waals surface area (Å²) in [5, 5.41) is 18.2. The summed E-state index contributed by atoms with van der Waals surface area (Å²) in [7, 11) is 0. The summed E-state index contributed by atoms with van der Waals surface area (Å²) in [5.41, 5.74) is 3.25. The topological polar surface area (TPSA) is 83.0 Å². The van der Waals surface area contributed by atoms with Gasteiger partial charge in [-0.15, -0.1) is 5.10 Å². The fourth-order valence-corrected chi connectivity index (χ4v) is 2.67. The molecule has 0 saturated heterocycles. The van der Waals surface area contributed by atoms with Crippen LogP contribution >= 0.6 is 23.2 Å². The van der Waals surface area contributed by atoms with E-state index >= 15 is 0 Å². The lowest BCUT2D eigenvalue weighted by Crippen LogP contribution is -2.39. The quantitative estimate of drug-likeness (QED) is 0.366. The van der Waals surface area contributed by atoms with Crippen molar-refractivity contribution < 1.29 is 14.6 Å². The van der Waals surface area contributed by atoms with Crippen molar-refractivity contribution in [2.45, 2.75) is 32.9 Å². The van der Waals surface area contributed by atoms with E-state index in [1.54, 1.807) is 19.1 Å². The van der Waals surface area contributed by atoms with Gasteiger partial charge in [-0.25, -0.2) is 10.2 Å². The Bertz CT molecular complexity index is 852. The largest absolute Gasteiger partial charge is 0.478 e. The Morgan fingerprint density at radius 2 is 1.86 bits per heavy atom. The van der Waals surface area contributed by atoms with Gasteiger partial charge in [0.2, 0.25) is 5.90 Å². The number of amides is 2. The molecule has 3 N–H and O–H groups in total. The molecule has 1 atom stereocenters. The molecule has 150 valence electrons. The maximum atomic E-state index is 12.0. The van der Waals surface area contributed by atoms with Crippen LogP contribution in [0, 0.1) is 6.92 Å². The molecule has 2 aromatic carbocycles. The highest BCUT2D eigenvalue weighted by Gasteiger charge is 2.33. The molecule has 2 rings (SSSR count). The number of nitrogens with zero attached hydrogens (tertiary/aromatic N) is 1. The van der Waals surface area contributed by atoms with Gasteiger partial charge in [0.1, 0.15) is 0 Å². The van der Waals surface area contributed by atoms with Crippen LogP contribution in [0.4, 0.5) is 4.79 Å². The monoisotopic (exact) mass is 423 g/mol. The van der Waals surface area contributed by atoms with Crippen LogP contribution in [0.1, 0.15) is 30.5 Å². The minimum Gasteiger partial charge on any atom is -0.478 e. The average molecular weight is 424 g/mol. The second-order valence-corrected chi connectivity index (χ2v) is 7.15. The van der Waals surface area contributed by atoms with Gasteiger partial charge in [-0.1, -0.05) is 59.1 Å². The van der Waals surface area contributed by atoms with E-state index in [9.17, 15) is 9.90 Å². The number of benzene rings is 2. The Balaban J connectivity index is 2.08. The number of urea groups is 1. The van der Waals surface area contributed by atoms with Crippen LogP contribution in [-0.2, 0) is 16.9 Å². The van der Waals surface area contributed by atoms with E-state index in [1.165, 1.54) is 13.0 Å². The van der Waals surface area contributed by atoms with Crippen molar-refractivity contribution in [2.75, 3.05) is 6.61 Å². The summed E-state index contributed by atoms with van der Waals surface area (Å²) in [4.78, 5) is 12.0. The molecule has 2 aromatic rings. The average Bonchev–Trinajstić information content (AvgIpc) is 2.66.